The normalized spacial score (nSPS) is 33.8. The van der Waals surface area contributed by atoms with Crippen molar-refractivity contribution in [1.29, 1.82) is 0 Å². The van der Waals surface area contributed by atoms with Gasteiger partial charge in [0, 0.05) is 49.0 Å². The standard InChI is InChI=1S/C58H91N5O17/c1-17-41-47(66)49(78-55(68)59-30-38-21-19-18-20-22-38)36(6)63(13)31-32(2)28-58(10,70)51(79-54-46(65)40(62(11)12)25-33(3)74-54)34(4)48(35(5)53(67)76-41)77-45-29-57(8,9)52(37(7)75-45)80-56(69)61-60-44(64)24-23-39-26-42(71-14)50(73-16)43(27-39)72-15/h18-24,26-27,32-37,40-41,45-49,51-52,54,65-66,70H,17,25,28-31H2,1-16H3,(H,59,68)(H,60,64)(H,61,69)/b24-23+/t32-,33-,34+,35-,36-,37+,40+,41-,45+,46-,47+,48+,49-,51-,52+,54+,58+/m1/s1. The molecule has 0 saturated carbocycles. The van der Waals surface area contributed by atoms with Crippen LogP contribution in [-0.2, 0) is 49.3 Å². The number of hydrogen-bond donors (Lipinski definition) is 6. The molecule has 0 aliphatic carbocycles. The molecule has 0 spiro atoms. The van der Waals surface area contributed by atoms with Crippen LogP contribution in [0.3, 0.4) is 0 Å². The van der Waals surface area contributed by atoms with E-state index in [4.69, 9.17) is 47.4 Å². The fourth-order valence-electron chi connectivity index (χ4n) is 11.4. The quantitative estimate of drug-likeness (QED) is 0.0551. The highest BCUT2D eigenvalue weighted by Crippen LogP contribution is 2.43. The van der Waals surface area contributed by atoms with E-state index in [0.29, 0.717) is 35.8 Å². The Morgan fingerprint density at radius 1 is 0.838 bits per heavy atom. The van der Waals surface area contributed by atoms with Gasteiger partial charge in [-0.15, -0.1) is 0 Å². The molecule has 6 N–H and O–H groups in total. The topological polar surface area (TPSA) is 264 Å². The Bertz CT molecular complexity index is 2330. The number of carbonyl (C=O) groups excluding carboxylic acids is 4. The van der Waals surface area contributed by atoms with Crippen molar-refractivity contribution in [2.45, 2.75) is 187 Å². The number of cyclic esters (lactones) is 1. The number of rotatable bonds is 15. The van der Waals surface area contributed by atoms with Gasteiger partial charge in [0.1, 0.15) is 30.5 Å². The fourth-order valence-corrected chi connectivity index (χ4v) is 11.4. The molecule has 0 aromatic heterocycles. The lowest BCUT2D eigenvalue weighted by molar-refractivity contribution is -0.312. The predicted octanol–water partition coefficient (Wildman–Crippen LogP) is 5.57. The van der Waals surface area contributed by atoms with Gasteiger partial charge < -0.3 is 72.9 Å². The summed E-state index contributed by atoms with van der Waals surface area (Å²) < 4.78 is 60.9. The van der Waals surface area contributed by atoms with E-state index in [0.717, 1.165) is 5.56 Å². The minimum atomic E-state index is -1.68. The summed E-state index contributed by atoms with van der Waals surface area (Å²) in [6.45, 7) is 18.4. The summed E-state index contributed by atoms with van der Waals surface area (Å²) in [7, 11) is 9.99. The van der Waals surface area contributed by atoms with Gasteiger partial charge >= 0.3 is 18.2 Å². The van der Waals surface area contributed by atoms with Crippen molar-refractivity contribution in [1.82, 2.24) is 26.0 Å². The number of methoxy groups -OCH3 is 3. The Balaban J connectivity index is 1.43. The van der Waals surface area contributed by atoms with Crippen LogP contribution in [0.15, 0.2) is 48.5 Å². The smallest absolute Gasteiger partial charge is 0.426 e. The Hall–Kier alpha value is -5.30. The first-order valence-corrected chi connectivity index (χ1v) is 27.6. The number of nitrogens with zero attached hydrogens (tertiary/aromatic N) is 2. The average molecular weight is 1130 g/mol. The van der Waals surface area contributed by atoms with Crippen LogP contribution < -0.4 is 30.4 Å². The summed E-state index contributed by atoms with van der Waals surface area (Å²) in [5.41, 5.74) is 3.49. The molecule has 22 nitrogen and oxygen atoms in total. The van der Waals surface area contributed by atoms with Crippen molar-refractivity contribution < 1.29 is 81.9 Å². The molecule has 17 atom stereocenters. The van der Waals surface area contributed by atoms with Crippen LogP contribution in [-0.4, -0.2) is 183 Å². The molecule has 3 aliphatic rings. The number of aliphatic hydroxyl groups is 3. The summed E-state index contributed by atoms with van der Waals surface area (Å²) in [6, 6.07) is 11.6. The van der Waals surface area contributed by atoms with E-state index in [2.05, 4.69) is 16.2 Å². The molecular weight excluding hydrogens is 1040 g/mol. The maximum absolute atomic E-state index is 14.8. The summed E-state index contributed by atoms with van der Waals surface area (Å²) in [4.78, 5) is 58.3. The summed E-state index contributed by atoms with van der Waals surface area (Å²) in [5.74, 6) is -2.53. The number of hydrogen-bond acceptors (Lipinski definition) is 19. The third-order valence-electron chi connectivity index (χ3n) is 15.7. The van der Waals surface area contributed by atoms with Gasteiger partial charge in [0.2, 0.25) is 5.75 Å². The molecule has 450 valence electrons. The Morgan fingerprint density at radius 2 is 1.49 bits per heavy atom. The first-order chi connectivity index (χ1) is 37.6. The number of alkyl carbamates (subject to hydrolysis) is 1. The lowest BCUT2D eigenvalue weighted by Crippen LogP contribution is -2.60. The Morgan fingerprint density at radius 3 is 2.08 bits per heavy atom. The first-order valence-electron chi connectivity index (χ1n) is 27.6. The van der Waals surface area contributed by atoms with E-state index in [1.165, 1.54) is 33.5 Å². The molecule has 0 radical (unpaired) electrons. The van der Waals surface area contributed by atoms with Crippen molar-refractivity contribution in [2.24, 2.45) is 23.2 Å². The highest BCUT2D eigenvalue weighted by atomic mass is 16.7. The molecule has 3 heterocycles. The second-order valence-corrected chi connectivity index (χ2v) is 23.0. The number of esters is 1. The average Bonchev–Trinajstić information content (AvgIpc) is 3.42. The maximum atomic E-state index is 14.8. The van der Waals surface area contributed by atoms with Crippen LogP contribution in [0.4, 0.5) is 9.59 Å². The molecule has 3 aliphatic heterocycles. The van der Waals surface area contributed by atoms with E-state index < -0.39 is 114 Å². The number of hydrazine groups is 1. The fraction of sp³-hybridized carbons (Fsp3) is 0.690. The Kier molecular flexibility index (Phi) is 23.8. The predicted molar refractivity (Wildman–Crippen MR) is 296 cm³/mol. The van der Waals surface area contributed by atoms with E-state index in [9.17, 15) is 34.5 Å². The minimum Gasteiger partial charge on any atom is -0.493 e. The van der Waals surface area contributed by atoms with Gasteiger partial charge in [-0.25, -0.2) is 15.0 Å². The number of aliphatic hydroxyl groups excluding tert-OH is 2. The molecule has 80 heavy (non-hydrogen) atoms. The summed E-state index contributed by atoms with van der Waals surface area (Å²) in [6.07, 6.45) is -9.63. The second-order valence-electron chi connectivity index (χ2n) is 23.0. The van der Waals surface area contributed by atoms with Crippen molar-refractivity contribution in [2.75, 3.05) is 49.0 Å². The van der Waals surface area contributed by atoms with E-state index in [1.54, 1.807) is 46.8 Å². The zero-order valence-electron chi connectivity index (χ0n) is 49.6. The number of carbonyl (C=O) groups is 4. The zero-order valence-corrected chi connectivity index (χ0v) is 49.6. The summed E-state index contributed by atoms with van der Waals surface area (Å²) in [5, 5.41) is 39.7. The van der Waals surface area contributed by atoms with Gasteiger partial charge in [-0.2, -0.15) is 0 Å². The van der Waals surface area contributed by atoms with Gasteiger partial charge in [-0.05, 0) is 110 Å². The molecule has 2 aromatic rings. The van der Waals surface area contributed by atoms with Crippen molar-refractivity contribution in [3.63, 3.8) is 0 Å². The monoisotopic (exact) mass is 1130 g/mol. The summed E-state index contributed by atoms with van der Waals surface area (Å²) >= 11 is 0. The lowest BCUT2D eigenvalue weighted by atomic mass is 9.77. The minimum absolute atomic E-state index is 0.126. The van der Waals surface area contributed by atoms with Crippen LogP contribution in [0.2, 0.25) is 0 Å². The van der Waals surface area contributed by atoms with Crippen LogP contribution in [0.5, 0.6) is 17.2 Å². The molecule has 5 rings (SSSR count). The molecule has 0 unspecified atom stereocenters. The lowest BCUT2D eigenvalue weighted by Gasteiger charge is -2.49. The van der Waals surface area contributed by atoms with Crippen molar-refractivity contribution in [3.05, 3.63) is 59.7 Å². The highest BCUT2D eigenvalue weighted by Gasteiger charge is 2.52. The molecular formula is C58H91N5O17. The number of ether oxygens (including phenoxy) is 10. The van der Waals surface area contributed by atoms with Crippen LogP contribution in [0.1, 0.15) is 106 Å². The van der Waals surface area contributed by atoms with Gasteiger partial charge in [-0.3, -0.25) is 19.9 Å². The third kappa shape index (κ3) is 17.1. The molecule has 2 aromatic carbocycles. The van der Waals surface area contributed by atoms with Crippen LogP contribution in [0, 0.1) is 23.2 Å². The van der Waals surface area contributed by atoms with Crippen molar-refractivity contribution in [3.8, 4) is 17.2 Å². The second kappa shape index (κ2) is 29.1. The first kappa shape index (κ1) is 65.5. The van der Waals surface area contributed by atoms with Crippen LogP contribution >= 0.6 is 0 Å². The van der Waals surface area contributed by atoms with Gasteiger partial charge in [0.15, 0.2) is 24.1 Å². The van der Waals surface area contributed by atoms with Gasteiger partial charge in [0.25, 0.3) is 5.91 Å². The SMILES string of the molecule is CC[C@H]1OC(=O)[C@H](C)[C@@H](O[C@H]2CC(C)(C)[C@@H](OC(=O)NNC(=O)/C=C/c3cc(OC)c(OC)c(OC)c3)[C@H](C)O2)[C@H](C)[C@@H](O[C@@H]2O[C@H](C)C[C@H](N(C)C)[C@H]2O)[C@@](C)(O)C[C@@H](C)CN(C)[C@H](C)[C@@H](OC(=O)NCc2ccccc2)[C@H]1O. The van der Waals surface area contributed by atoms with E-state index in [-0.39, 0.29) is 43.9 Å². The molecule has 22 heteroatoms. The van der Waals surface area contributed by atoms with E-state index in [1.807, 2.05) is 95.9 Å². The molecule has 3 saturated heterocycles. The largest absolute Gasteiger partial charge is 0.493 e. The van der Waals surface area contributed by atoms with Gasteiger partial charge in [-0.1, -0.05) is 65.0 Å². The number of nitrogens with one attached hydrogen (secondary N) is 3. The Labute approximate surface area is 472 Å². The van der Waals surface area contributed by atoms with Crippen LogP contribution in [0.25, 0.3) is 6.08 Å². The number of benzene rings is 2. The van der Waals surface area contributed by atoms with Gasteiger partial charge in [0.05, 0.1) is 57.3 Å². The van der Waals surface area contributed by atoms with E-state index >= 15 is 0 Å². The third-order valence-corrected chi connectivity index (χ3v) is 15.7. The van der Waals surface area contributed by atoms with Crippen molar-refractivity contribution >= 4 is 30.1 Å². The number of amides is 3. The number of likely N-dealkylation sites (N-methyl/N-ethyl adjacent to an activating group) is 2. The zero-order chi connectivity index (χ0) is 59.4. The molecule has 3 fully saturated rings. The maximum Gasteiger partial charge on any atom is 0.426 e. The highest BCUT2D eigenvalue weighted by molar-refractivity contribution is 5.92. The molecule has 3 amide bonds. The molecule has 0 bridgehead atoms.